The number of methoxy groups -OCH3 is 1. The molecule has 0 N–H and O–H groups in total. The van der Waals surface area contributed by atoms with E-state index in [1.54, 1.807) is 6.07 Å². The highest BCUT2D eigenvalue weighted by Crippen LogP contribution is 2.32. The Morgan fingerprint density at radius 2 is 1.68 bits per heavy atom. The maximum absolute atomic E-state index is 11.0. The minimum absolute atomic E-state index is 0.0175. The number of nitro benzene ring substituents is 2. The minimum atomic E-state index is -0.600. The van der Waals surface area contributed by atoms with Crippen molar-refractivity contribution in [3.63, 3.8) is 0 Å². The fourth-order valence-electron chi connectivity index (χ4n) is 1.86. The van der Waals surface area contributed by atoms with Gasteiger partial charge >= 0.3 is 5.69 Å². The van der Waals surface area contributed by atoms with Crippen LogP contribution < -0.4 is 9.47 Å². The topological polar surface area (TPSA) is 105 Å². The van der Waals surface area contributed by atoms with Crippen molar-refractivity contribution in [2.75, 3.05) is 7.11 Å². The second kappa shape index (κ2) is 6.53. The highest BCUT2D eigenvalue weighted by molar-refractivity contribution is 5.51. The first kappa shape index (κ1) is 15.2. The van der Waals surface area contributed by atoms with Crippen LogP contribution in [0.15, 0.2) is 42.5 Å². The van der Waals surface area contributed by atoms with Gasteiger partial charge in [-0.25, -0.2) is 0 Å². The van der Waals surface area contributed by atoms with Gasteiger partial charge in [0.2, 0.25) is 0 Å². The molecule has 0 fully saturated rings. The number of nitro groups is 2. The number of benzene rings is 2. The lowest BCUT2D eigenvalue weighted by Crippen LogP contribution is -2.02. The first-order chi connectivity index (χ1) is 10.5. The second-order valence-corrected chi connectivity index (χ2v) is 4.27. The molecule has 0 spiro atoms. The summed E-state index contributed by atoms with van der Waals surface area (Å²) in [5.74, 6) is 0.341. The van der Waals surface area contributed by atoms with E-state index in [4.69, 9.17) is 9.47 Å². The zero-order chi connectivity index (χ0) is 16.1. The first-order valence-corrected chi connectivity index (χ1v) is 6.20. The normalized spacial score (nSPS) is 10.0. The maximum Gasteiger partial charge on any atom is 0.314 e. The van der Waals surface area contributed by atoms with Gasteiger partial charge in [-0.1, -0.05) is 12.1 Å². The smallest absolute Gasteiger partial charge is 0.314 e. The van der Waals surface area contributed by atoms with Gasteiger partial charge in [-0.15, -0.1) is 0 Å². The van der Waals surface area contributed by atoms with Crippen LogP contribution in [0.5, 0.6) is 11.5 Å². The Morgan fingerprint density at radius 3 is 2.32 bits per heavy atom. The molecule has 0 aliphatic carbocycles. The number of hydrogen-bond donors (Lipinski definition) is 0. The van der Waals surface area contributed by atoms with Gasteiger partial charge in [-0.05, 0) is 18.2 Å². The summed E-state index contributed by atoms with van der Waals surface area (Å²) >= 11 is 0. The molecule has 2 rings (SSSR count). The molecule has 114 valence electrons. The predicted molar refractivity (Wildman–Crippen MR) is 77.1 cm³/mol. The Morgan fingerprint density at radius 1 is 1.00 bits per heavy atom. The highest BCUT2D eigenvalue weighted by Gasteiger charge is 2.18. The molecule has 0 aliphatic rings. The summed E-state index contributed by atoms with van der Waals surface area (Å²) in [5.41, 5.74) is -0.0331. The molecule has 2 aromatic carbocycles. The van der Waals surface area contributed by atoms with E-state index in [0.29, 0.717) is 11.3 Å². The molecule has 0 aromatic heterocycles. The van der Waals surface area contributed by atoms with Gasteiger partial charge in [-0.3, -0.25) is 20.2 Å². The molecule has 0 atom stereocenters. The van der Waals surface area contributed by atoms with Crippen LogP contribution in [-0.4, -0.2) is 17.0 Å². The molecule has 22 heavy (non-hydrogen) atoms. The maximum atomic E-state index is 11.0. The van der Waals surface area contributed by atoms with Crippen molar-refractivity contribution in [3.05, 3.63) is 68.3 Å². The van der Waals surface area contributed by atoms with E-state index in [9.17, 15) is 20.2 Å². The number of nitrogens with zero attached hydrogens (tertiary/aromatic N) is 2. The van der Waals surface area contributed by atoms with Crippen molar-refractivity contribution in [2.24, 2.45) is 0 Å². The summed E-state index contributed by atoms with van der Waals surface area (Å²) < 4.78 is 10.3. The standard InChI is InChI=1S/C14H12N2O6/c1-21-11-6-7-14(13(8-11)16(19)20)22-9-10-4-2-3-5-12(10)15(17)18/h2-8H,9H2,1H3. The van der Waals surface area contributed by atoms with Crippen molar-refractivity contribution < 1.29 is 19.3 Å². The van der Waals surface area contributed by atoms with Crippen molar-refractivity contribution in [1.82, 2.24) is 0 Å². The van der Waals surface area contributed by atoms with Crippen LogP contribution in [0.1, 0.15) is 5.56 Å². The van der Waals surface area contributed by atoms with Crippen molar-refractivity contribution in [2.45, 2.75) is 6.61 Å². The number of hydrogen-bond acceptors (Lipinski definition) is 6. The number of para-hydroxylation sites is 1. The van der Waals surface area contributed by atoms with Crippen LogP contribution in [-0.2, 0) is 6.61 Å². The fourth-order valence-corrected chi connectivity index (χ4v) is 1.86. The molecule has 0 radical (unpaired) electrons. The van der Waals surface area contributed by atoms with E-state index in [1.165, 1.54) is 43.5 Å². The third-order valence-corrected chi connectivity index (χ3v) is 2.93. The average Bonchev–Trinajstić information content (AvgIpc) is 2.52. The summed E-state index contributed by atoms with van der Waals surface area (Å²) in [6.45, 7) is -0.148. The summed E-state index contributed by atoms with van der Waals surface area (Å²) in [6, 6.07) is 10.2. The molecule has 0 amide bonds. The molecule has 2 aromatic rings. The van der Waals surface area contributed by atoms with Crippen LogP contribution in [0.25, 0.3) is 0 Å². The van der Waals surface area contributed by atoms with Gasteiger partial charge in [0.25, 0.3) is 5.69 Å². The largest absolute Gasteiger partial charge is 0.496 e. The zero-order valence-corrected chi connectivity index (χ0v) is 11.6. The molecule has 0 bridgehead atoms. The van der Waals surface area contributed by atoms with Gasteiger partial charge < -0.3 is 9.47 Å². The van der Waals surface area contributed by atoms with Gasteiger partial charge in [-0.2, -0.15) is 0 Å². The Kier molecular flexibility index (Phi) is 4.52. The highest BCUT2D eigenvalue weighted by atomic mass is 16.6. The third-order valence-electron chi connectivity index (χ3n) is 2.93. The second-order valence-electron chi connectivity index (χ2n) is 4.27. The van der Waals surface area contributed by atoms with Crippen molar-refractivity contribution in [1.29, 1.82) is 0 Å². The lowest BCUT2D eigenvalue weighted by Gasteiger charge is -2.08. The lowest BCUT2D eigenvalue weighted by molar-refractivity contribution is -0.387. The van der Waals surface area contributed by atoms with Gasteiger partial charge in [0, 0.05) is 6.07 Å². The molecule has 0 saturated carbocycles. The Labute approximate surface area is 125 Å². The minimum Gasteiger partial charge on any atom is -0.496 e. The van der Waals surface area contributed by atoms with Gasteiger partial charge in [0.15, 0.2) is 5.75 Å². The van der Waals surface area contributed by atoms with E-state index in [0.717, 1.165) is 0 Å². The molecule has 0 aliphatic heterocycles. The quantitative estimate of drug-likeness (QED) is 0.599. The van der Waals surface area contributed by atoms with Crippen LogP contribution in [0.4, 0.5) is 11.4 Å². The van der Waals surface area contributed by atoms with E-state index in [-0.39, 0.29) is 23.7 Å². The van der Waals surface area contributed by atoms with E-state index < -0.39 is 9.85 Å². The molecule has 8 nitrogen and oxygen atoms in total. The average molecular weight is 304 g/mol. The number of ether oxygens (including phenoxy) is 2. The lowest BCUT2D eigenvalue weighted by atomic mass is 10.2. The van der Waals surface area contributed by atoms with E-state index in [1.807, 2.05) is 0 Å². The van der Waals surface area contributed by atoms with Crippen LogP contribution in [0.2, 0.25) is 0 Å². The molecule has 8 heteroatoms. The summed E-state index contributed by atoms with van der Waals surface area (Å²) in [7, 11) is 1.40. The molecule has 0 saturated heterocycles. The number of rotatable bonds is 6. The van der Waals surface area contributed by atoms with Gasteiger partial charge in [0.1, 0.15) is 12.4 Å². The zero-order valence-electron chi connectivity index (χ0n) is 11.6. The third kappa shape index (κ3) is 3.29. The predicted octanol–water partition coefficient (Wildman–Crippen LogP) is 3.09. The van der Waals surface area contributed by atoms with E-state index >= 15 is 0 Å². The summed E-state index contributed by atoms with van der Waals surface area (Å²) in [5, 5.41) is 22.0. The SMILES string of the molecule is COc1ccc(OCc2ccccc2[N+](=O)[O-])c([N+](=O)[O-])c1. The molecule has 0 heterocycles. The van der Waals surface area contributed by atoms with Crippen molar-refractivity contribution in [3.8, 4) is 11.5 Å². The molecular weight excluding hydrogens is 292 g/mol. The molecular formula is C14H12N2O6. The van der Waals surface area contributed by atoms with Crippen molar-refractivity contribution >= 4 is 11.4 Å². The summed E-state index contributed by atoms with van der Waals surface area (Å²) in [6.07, 6.45) is 0. The van der Waals surface area contributed by atoms with Crippen LogP contribution >= 0.6 is 0 Å². The fraction of sp³-hybridized carbons (Fsp3) is 0.143. The van der Waals surface area contributed by atoms with Gasteiger partial charge in [0.05, 0.1) is 28.6 Å². The summed E-state index contributed by atoms with van der Waals surface area (Å²) in [4.78, 5) is 20.8. The monoisotopic (exact) mass is 304 g/mol. The Bertz CT molecular complexity index is 716. The van der Waals surface area contributed by atoms with Crippen LogP contribution in [0, 0.1) is 20.2 Å². The first-order valence-electron chi connectivity index (χ1n) is 6.20. The molecule has 0 unspecified atom stereocenters. The Hall–Kier alpha value is -3.16. The van der Waals surface area contributed by atoms with Crippen LogP contribution in [0.3, 0.4) is 0 Å². The van der Waals surface area contributed by atoms with E-state index in [2.05, 4.69) is 0 Å². The Balaban J connectivity index is 2.25.